The lowest BCUT2D eigenvalue weighted by atomic mass is 10.3. The maximum Gasteiger partial charge on any atom is 0.322 e. The number of urea groups is 1. The summed E-state index contributed by atoms with van der Waals surface area (Å²) < 4.78 is 18.5. The summed E-state index contributed by atoms with van der Waals surface area (Å²) in [7, 11) is 0. The standard InChI is InChI=1S/C4H6N2O4S/c7-3-2(1-11(9)10)5-4(8)6-3/h2H,1H2,(H,9,10)(H2,5,6,7,8)/t2-/m0/s1. The van der Waals surface area contributed by atoms with Crippen LogP contribution in [0.4, 0.5) is 4.79 Å². The number of hydrogen-bond acceptors (Lipinski definition) is 3. The molecule has 2 atom stereocenters. The van der Waals surface area contributed by atoms with Crippen molar-refractivity contribution in [2.24, 2.45) is 0 Å². The first-order valence-corrected chi connectivity index (χ1v) is 4.06. The van der Waals surface area contributed by atoms with Crippen LogP contribution in [0.15, 0.2) is 0 Å². The van der Waals surface area contributed by atoms with Gasteiger partial charge in [0.25, 0.3) is 5.91 Å². The summed E-state index contributed by atoms with van der Waals surface area (Å²) in [6.45, 7) is 0. The molecule has 0 radical (unpaired) electrons. The van der Waals surface area contributed by atoms with Crippen molar-refractivity contribution >= 4 is 23.0 Å². The second kappa shape index (κ2) is 2.97. The number of hydrogen-bond donors (Lipinski definition) is 3. The van der Waals surface area contributed by atoms with Gasteiger partial charge in [0, 0.05) is 0 Å². The first-order chi connectivity index (χ1) is 5.09. The molecule has 0 aromatic rings. The van der Waals surface area contributed by atoms with E-state index in [0.29, 0.717) is 0 Å². The molecule has 1 aliphatic heterocycles. The maximum atomic E-state index is 10.7. The molecular weight excluding hydrogens is 172 g/mol. The molecule has 1 heterocycles. The number of carbonyl (C=O) groups is 2. The molecule has 1 unspecified atom stereocenters. The van der Waals surface area contributed by atoms with Crippen LogP contribution in [-0.2, 0) is 15.9 Å². The Balaban J connectivity index is 2.53. The third-order valence-electron chi connectivity index (χ3n) is 1.17. The summed E-state index contributed by atoms with van der Waals surface area (Å²) >= 11 is -2.07. The van der Waals surface area contributed by atoms with Gasteiger partial charge < -0.3 is 9.87 Å². The Kier molecular flexibility index (Phi) is 2.20. The average Bonchev–Trinajstić information content (AvgIpc) is 2.09. The van der Waals surface area contributed by atoms with Crippen LogP contribution in [0.1, 0.15) is 0 Å². The summed E-state index contributed by atoms with van der Waals surface area (Å²) in [5.74, 6) is -0.824. The van der Waals surface area contributed by atoms with E-state index in [1.54, 1.807) is 0 Å². The third kappa shape index (κ3) is 1.99. The molecule has 0 saturated carbocycles. The topological polar surface area (TPSA) is 95.5 Å². The van der Waals surface area contributed by atoms with Gasteiger partial charge in [-0.2, -0.15) is 0 Å². The number of nitrogens with one attached hydrogen (secondary N) is 2. The number of amides is 3. The largest absolute Gasteiger partial charge is 0.325 e. The van der Waals surface area contributed by atoms with E-state index in [1.807, 2.05) is 5.32 Å². The van der Waals surface area contributed by atoms with Crippen molar-refractivity contribution in [1.29, 1.82) is 0 Å². The van der Waals surface area contributed by atoms with Crippen LogP contribution in [0.2, 0.25) is 0 Å². The normalized spacial score (nSPS) is 26.1. The van der Waals surface area contributed by atoms with Crippen molar-refractivity contribution in [2.45, 2.75) is 6.04 Å². The first kappa shape index (κ1) is 8.15. The second-order valence-electron chi connectivity index (χ2n) is 2.00. The van der Waals surface area contributed by atoms with Crippen LogP contribution in [-0.4, -0.2) is 32.5 Å². The van der Waals surface area contributed by atoms with Gasteiger partial charge in [0.1, 0.15) is 6.04 Å². The Bertz CT molecular complexity index is 228. The SMILES string of the molecule is O=C1NC(=O)[C@H](CS(=O)O)N1. The van der Waals surface area contributed by atoms with Gasteiger partial charge in [0.05, 0.1) is 5.75 Å². The minimum Gasteiger partial charge on any atom is -0.325 e. The lowest BCUT2D eigenvalue weighted by Crippen LogP contribution is -2.34. The van der Waals surface area contributed by atoms with Gasteiger partial charge in [-0.25, -0.2) is 9.00 Å². The van der Waals surface area contributed by atoms with E-state index in [4.69, 9.17) is 4.55 Å². The highest BCUT2D eigenvalue weighted by Crippen LogP contribution is 1.93. The molecule has 6 nitrogen and oxygen atoms in total. The first-order valence-electron chi connectivity index (χ1n) is 2.78. The van der Waals surface area contributed by atoms with E-state index >= 15 is 0 Å². The Labute approximate surface area is 64.6 Å². The van der Waals surface area contributed by atoms with Gasteiger partial charge in [-0.15, -0.1) is 0 Å². The molecule has 0 bridgehead atoms. The highest BCUT2D eigenvalue weighted by Gasteiger charge is 2.30. The fraction of sp³-hybridized carbons (Fsp3) is 0.500. The van der Waals surface area contributed by atoms with E-state index in [0.717, 1.165) is 0 Å². The zero-order valence-corrected chi connectivity index (χ0v) is 6.18. The highest BCUT2D eigenvalue weighted by atomic mass is 32.2. The van der Waals surface area contributed by atoms with Crippen LogP contribution >= 0.6 is 0 Å². The Morgan fingerprint density at radius 2 is 2.18 bits per heavy atom. The maximum absolute atomic E-state index is 10.7. The molecule has 0 aromatic heterocycles. The van der Waals surface area contributed by atoms with Gasteiger partial charge >= 0.3 is 6.03 Å². The number of imide groups is 1. The van der Waals surface area contributed by atoms with E-state index in [2.05, 4.69) is 5.32 Å². The Hall–Kier alpha value is -0.950. The summed E-state index contributed by atoms with van der Waals surface area (Å²) in [5, 5.41) is 4.12. The molecule has 7 heteroatoms. The fourth-order valence-electron chi connectivity index (χ4n) is 0.719. The summed E-state index contributed by atoms with van der Waals surface area (Å²) in [4.78, 5) is 21.1. The van der Waals surface area contributed by atoms with Crippen LogP contribution in [0.3, 0.4) is 0 Å². The molecule has 11 heavy (non-hydrogen) atoms. The van der Waals surface area contributed by atoms with Gasteiger partial charge in [-0.3, -0.25) is 10.1 Å². The summed E-state index contributed by atoms with van der Waals surface area (Å²) in [6.07, 6.45) is 0. The molecule has 1 rings (SSSR count). The minimum absolute atomic E-state index is 0.266. The van der Waals surface area contributed by atoms with Crippen LogP contribution < -0.4 is 10.6 Å². The molecule has 0 spiro atoms. The third-order valence-corrected chi connectivity index (χ3v) is 1.79. The van der Waals surface area contributed by atoms with E-state index in [1.165, 1.54) is 0 Å². The zero-order valence-electron chi connectivity index (χ0n) is 5.36. The molecular formula is C4H6N2O4S. The van der Waals surface area contributed by atoms with Crippen molar-refractivity contribution in [3.8, 4) is 0 Å². The van der Waals surface area contributed by atoms with Crippen LogP contribution in [0, 0.1) is 0 Å². The number of carbonyl (C=O) groups excluding carboxylic acids is 2. The van der Waals surface area contributed by atoms with Gasteiger partial charge in [-0.05, 0) is 0 Å². The Morgan fingerprint density at radius 3 is 2.55 bits per heavy atom. The lowest BCUT2D eigenvalue weighted by Gasteiger charge is -2.00. The molecule has 62 valence electrons. The van der Waals surface area contributed by atoms with E-state index in [-0.39, 0.29) is 5.75 Å². The van der Waals surface area contributed by atoms with Crippen molar-refractivity contribution < 1.29 is 18.4 Å². The second-order valence-corrected chi connectivity index (χ2v) is 2.98. The zero-order chi connectivity index (χ0) is 8.43. The Morgan fingerprint density at radius 1 is 1.55 bits per heavy atom. The molecule has 1 saturated heterocycles. The van der Waals surface area contributed by atoms with Crippen molar-refractivity contribution in [2.75, 3.05) is 5.75 Å². The smallest absolute Gasteiger partial charge is 0.322 e. The van der Waals surface area contributed by atoms with Crippen molar-refractivity contribution in [1.82, 2.24) is 10.6 Å². The molecule has 1 aliphatic rings. The lowest BCUT2D eigenvalue weighted by molar-refractivity contribution is -0.119. The predicted octanol–water partition coefficient (Wildman–Crippen LogP) is -1.58. The van der Waals surface area contributed by atoms with Crippen molar-refractivity contribution in [3.05, 3.63) is 0 Å². The molecule has 0 aliphatic carbocycles. The van der Waals surface area contributed by atoms with Gasteiger partial charge in [0.15, 0.2) is 11.1 Å². The minimum atomic E-state index is -2.07. The van der Waals surface area contributed by atoms with Crippen LogP contribution in [0.5, 0.6) is 0 Å². The molecule has 0 aromatic carbocycles. The monoisotopic (exact) mass is 178 g/mol. The molecule has 3 amide bonds. The quantitative estimate of drug-likeness (QED) is 0.351. The summed E-state index contributed by atoms with van der Waals surface area (Å²) in [6, 6.07) is -1.49. The average molecular weight is 178 g/mol. The van der Waals surface area contributed by atoms with E-state index < -0.39 is 29.1 Å². The van der Waals surface area contributed by atoms with Gasteiger partial charge in [0.2, 0.25) is 0 Å². The van der Waals surface area contributed by atoms with Crippen molar-refractivity contribution in [3.63, 3.8) is 0 Å². The molecule has 1 fully saturated rings. The molecule has 3 N–H and O–H groups in total. The van der Waals surface area contributed by atoms with E-state index in [9.17, 15) is 13.8 Å². The highest BCUT2D eigenvalue weighted by molar-refractivity contribution is 7.79. The van der Waals surface area contributed by atoms with Gasteiger partial charge in [-0.1, -0.05) is 0 Å². The summed E-state index contributed by atoms with van der Waals surface area (Å²) in [5.41, 5.74) is 0. The van der Waals surface area contributed by atoms with Crippen LogP contribution in [0.25, 0.3) is 0 Å². The number of rotatable bonds is 2. The predicted molar refractivity (Wildman–Crippen MR) is 36.1 cm³/mol. The fourth-order valence-corrected chi connectivity index (χ4v) is 1.24.